The van der Waals surface area contributed by atoms with Gasteiger partial charge < -0.3 is 19.7 Å². The SMILES string of the molecule is CCN(CC(=O)Nc1cccc(OC)c1)C(=O)Cc1ccc(OC(F)F)cc1. The number of carbonyl (C=O) groups excluding carboxylic acids is 2. The van der Waals surface area contributed by atoms with Crippen molar-refractivity contribution < 1.29 is 27.8 Å². The van der Waals surface area contributed by atoms with Crippen LogP contribution in [-0.4, -0.2) is 43.5 Å². The standard InChI is InChI=1S/C20H22F2N2O4/c1-3-24(13-18(25)23-15-5-4-6-17(12-15)27-2)19(26)11-14-7-9-16(10-8-14)28-20(21)22/h4-10,12,20H,3,11,13H2,1-2H3,(H,23,25). The molecule has 0 bridgehead atoms. The number of carbonyl (C=O) groups is 2. The molecule has 0 radical (unpaired) electrons. The Balaban J connectivity index is 1.92. The van der Waals surface area contributed by atoms with Crippen molar-refractivity contribution in [2.75, 3.05) is 25.5 Å². The van der Waals surface area contributed by atoms with Crippen LogP contribution in [0, 0.1) is 0 Å². The predicted octanol–water partition coefficient (Wildman–Crippen LogP) is 3.33. The number of ether oxygens (including phenoxy) is 2. The van der Waals surface area contributed by atoms with Crippen molar-refractivity contribution in [3.63, 3.8) is 0 Å². The second-order valence-electron chi connectivity index (χ2n) is 5.89. The molecule has 2 aromatic rings. The highest BCUT2D eigenvalue weighted by Gasteiger charge is 2.16. The third-order valence-corrected chi connectivity index (χ3v) is 3.93. The van der Waals surface area contributed by atoms with E-state index in [-0.39, 0.29) is 30.5 Å². The first-order chi connectivity index (χ1) is 13.4. The number of likely N-dealkylation sites (N-methyl/N-ethyl adjacent to an activating group) is 1. The lowest BCUT2D eigenvalue weighted by Crippen LogP contribution is -2.38. The Labute approximate surface area is 162 Å². The van der Waals surface area contributed by atoms with E-state index in [1.54, 1.807) is 43.3 Å². The van der Waals surface area contributed by atoms with E-state index in [0.717, 1.165) is 0 Å². The first-order valence-electron chi connectivity index (χ1n) is 8.66. The Morgan fingerprint density at radius 3 is 2.43 bits per heavy atom. The van der Waals surface area contributed by atoms with Crippen molar-refractivity contribution >= 4 is 17.5 Å². The van der Waals surface area contributed by atoms with E-state index in [9.17, 15) is 18.4 Å². The van der Waals surface area contributed by atoms with Gasteiger partial charge in [0.15, 0.2) is 0 Å². The Kier molecular flexibility index (Phi) is 7.74. The second-order valence-corrected chi connectivity index (χ2v) is 5.89. The number of hydrogen-bond donors (Lipinski definition) is 1. The number of anilines is 1. The van der Waals surface area contributed by atoms with E-state index in [4.69, 9.17) is 4.74 Å². The molecule has 28 heavy (non-hydrogen) atoms. The topological polar surface area (TPSA) is 67.9 Å². The third-order valence-electron chi connectivity index (χ3n) is 3.93. The summed E-state index contributed by atoms with van der Waals surface area (Å²) in [6.45, 7) is -0.863. The third kappa shape index (κ3) is 6.53. The van der Waals surface area contributed by atoms with E-state index in [2.05, 4.69) is 10.1 Å². The molecule has 0 aliphatic rings. The summed E-state index contributed by atoms with van der Waals surface area (Å²) in [4.78, 5) is 26.1. The molecular formula is C20H22F2N2O4. The number of nitrogens with zero attached hydrogens (tertiary/aromatic N) is 1. The van der Waals surface area contributed by atoms with E-state index >= 15 is 0 Å². The van der Waals surface area contributed by atoms with Crippen LogP contribution in [0.1, 0.15) is 12.5 Å². The largest absolute Gasteiger partial charge is 0.497 e. The fourth-order valence-electron chi connectivity index (χ4n) is 2.53. The van der Waals surface area contributed by atoms with Crippen LogP contribution < -0.4 is 14.8 Å². The molecule has 2 amide bonds. The number of benzene rings is 2. The van der Waals surface area contributed by atoms with Crippen LogP contribution in [0.5, 0.6) is 11.5 Å². The molecule has 0 aliphatic heterocycles. The molecule has 6 nitrogen and oxygen atoms in total. The molecule has 0 heterocycles. The highest BCUT2D eigenvalue weighted by atomic mass is 19.3. The first-order valence-corrected chi connectivity index (χ1v) is 8.66. The second kappa shape index (κ2) is 10.2. The van der Waals surface area contributed by atoms with E-state index < -0.39 is 6.61 Å². The summed E-state index contributed by atoms with van der Waals surface area (Å²) in [7, 11) is 1.53. The van der Waals surface area contributed by atoms with Crippen molar-refractivity contribution in [3.8, 4) is 11.5 Å². The van der Waals surface area contributed by atoms with Crippen molar-refractivity contribution in [2.24, 2.45) is 0 Å². The van der Waals surface area contributed by atoms with Crippen LogP contribution >= 0.6 is 0 Å². The lowest BCUT2D eigenvalue weighted by molar-refractivity contribution is -0.133. The maximum atomic E-state index is 12.5. The normalized spacial score (nSPS) is 10.5. The summed E-state index contributed by atoms with van der Waals surface area (Å²) in [5, 5.41) is 2.73. The molecule has 0 saturated heterocycles. The van der Waals surface area contributed by atoms with Crippen LogP contribution in [0.4, 0.5) is 14.5 Å². The molecular weight excluding hydrogens is 370 g/mol. The van der Waals surface area contributed by atoms with Gasteiger partial charge in [-0.1, -0.05) is 18.2 Å². The van der Waals surface area contributed by atoms with Gasteiger partial charge in [0.2, 0.25) is 11.8 Å². The smallest absolute Gasteiger partial charge is 0.387 e. The molecule has 0 aromatic heterocycles. The number of rotatable bonds is 9. The van der Waals surface area contributed by atoms with Gasteiger partial charge >= 0.3 is 6.61 Å². The Hall–Kier alpha value is -3.16. The molecule has 0 atom stereocenters. The molecule has 150 valence electrons. The van der Waals surface area contributed by atoms with Gasteiger partial charge in [-0.3, -0.25) is 9.59 Å². The van der Waals surface area contributed by atoms with E-state index in [1.165, 1.54) is 24.1 Å². The number of methoxy groups -OCH3 is 1. The maximum Gasteiger partial charge on any atom is 0.387 e. The van der Waals surface area contributed by atoms with Gasteiger partial charge in [0.25, 0.3) is 0 Å². The number of nitrogens with one attached hydrogen (secondary N) is 1. The summed E-state index contributed by atoms with van der Waals surface area (Å²) in [6, 6.07) is 12.7. The van der Waals surface area contributed by atoms with Crippen molar-refractivity contribution in [1.29, 1.82) is 0 Å². The summed E-state index contributed by atoms with van der Waals surface area (Å²) in [5.74, 6) is 0.0617. The molecule has 8 heteroatoms. The zero-order valence-electron chi connectivity index (χ0n) is 15.7. The number of amides is 2. The lowest BCUT2D eigenvalue weighted by atomic mass is 10.1. The molecule has 0 spiro atoms. The van der Waals surface area contributed by atoms with E-state index in [0.29, 0.717) is 23.5 Å². The minimum Gasteiger partial charge on any atom is -0.497 e. The number of hydrogen-bond acceptors (Lipinski definition) is 4. The molecule has 0 fully saturated rings. The fourth-order valence-corrected chi connectivity index (χ4v) is 2.53. The van der Waals surface area contributed by atoms with Crippen LogP contribution in [0.3, 0.4) is 0 Å². The van der Waals surface area contributed by atoms with Crippen molar-refractivity contribution in [2.45, 2.75) is 20.0 Å². The lowest BCUT2D eigenvalue weighted by Gasteiger charge is -2.20. The minimum atomic E-state index is -2.90. The van der Waals surface area contributed by atoms with Crippen molar-refractivity contribution in [1.82, 2.24) is 4.90 Å². The van der Waals surface area contributed by atoms with Crippen LogP contribution in [0.15, 0.2) is 48.5 Å². The van der Waals surface area contributed by atoms with Gasteiger partial charge in [-0.25, -0.2) is 0 Å². The average molecular weight is 392 g/mol. The first kappa shape index (κ1) is 21.1. The summed E-state index contributed by atoms with van der Waals surface area (Å²) in [6.07, 6.45) is 0.0508. The molecule has 2 rings (SSSR count). The average Bonchev–Trinajstić information content (AvgIpc) is 2.67. The minimum absolute atomic E-state index is 0.0243. The monoisotopic (exact) mass is 392 g/mol. The summed E-state index contributed by atoms with van der Waals surface area (Å²) in [5.41, 5.74) is 1.21. The molecule has 0 unspecified atom stereocenters. The Morgan fingerprint density at radius 1 is 1.11 bits per heavy atom. The zero-order chi connectivity index (χ0) is 20.5. The van der Waals surface area contributed by atoms with Gasteiger partial charge in [-0.15, -0.1) is 0 Å². The van der Waals surface area contributed by atoms with Gasteiger partial charge in [-0.2, -0.15) is 8.78 Å². The molecule has 1 N–H and O–H groups in total. The summed E-state index contributed by atoms with van der Waals surface area (Å²) < 4.78 is 33.7. The number of halogens is 2. The van der Waals surface area contributed by atoms with Crippen LogP contribution in [0.25, 0.3) is 0 Å². The summed E-state index contributed by atoms with van der Waals surface area (Å²) >= 11 is 0. The van der Waals surface area contributed by atoms with Crippen LogP contribution in [-0.2, 0) is 16.0 Å². The zero-order valence-corrected chi connectivity index (χ0v) is 15.7. The van der Waals surface area contributed by atoms with Gasteiger partial charge in [0.1, 0.15) is 11.5 Å². The maximum absolute atomic E-state index is 12.5. The number of alkyl halides is 2. The molecule has 0 saturated carbocycles. The van der Waals surface area contributed by atoms with E-state index in [1.807, 2.05) is 0 Å². The Bertz CT molecular complexity index is 797. The highest BCUT2D eigenvalue weighted by molar-refractivity contribution is 5.94. The molecule has 2 aromatic carbocycles. The predicted molar refractivity (Wildman–Crippen MR) is 101 cm³/mol. The highest BCUT2D eigenvalue weighted by Crippen LogP contribution is 2.17. The fraction of sp³-hybridized carbons (Fsp3) is 0.300. The van der Waals surface area contributed by atoms with Gasteiger partial charge in [0, 0.05) is 18.3 Å². The Morgan fingerprint density at radius 2 is 1.82 bits per heavy atom. The van der Waals surface area contributed by atoms with Crippen LogP contribution in [0.2, 0.25) is 0 Å². The quantitative estimate of drug-likeness (QED) is 0.711. The van der Waals surface area contributed by atoms with Gasteiger partial charge in [-0.05, 0) is 36.8 Å². The van der Waals surface area contributed by atoms with Gasteiger partial charge in [0.05, 0.1) is 20.1 Å². The van der Waals surface area contributed by atoms with Crippen molar-refractivity contribution in [3.05, 3.63) is 54.1 Å². The molecule has 0 aliphatic carbocycles.